The Bertz CT molecular complexity index is 944. The molecule has 3 aliphatic rings. The minimum atomic E-state index is -0.668. The predicted octanol–water partition coefficient (Wildman–Crippen LogP) is 2.43. The zero-order valence-electron chi connectivity index (χ0n) is 16.2. The van der Waals surface area contributed by atoms with Crippen LogP contribution in [0.4, 0.5) is 5.82 Å². The maximum absolute atomic E-state index is 10.2. The molecule has 0 spiro atoms. The quantitative estimate of drug-likeness (QED) is 0.877. The van der Waals surface area contributed by atoms with Gasteiger partial charge in [0.1, 0.15) is 18.2 Å². The Balaban J connectivity index is 1.64. The zero-order chi connectivity index (χ0) is 19.3. The van der Waals surface area contributed by atoms with Gasteiger partial charge < -0.3 is 14.9 Å². The molecule has 0 saturated heterocycles. The maximum atomic E-state index is 10.2. The van der Waals surface area contributed by atoms with E-state index in [1.54, 1.807) is 17.3 Å². The lowest BCUT2D eigenvalue weighted by Gasteiger charge is -2.40. The van der Waals surface area contributed by atoms with Gasteiger partial charge in [0.15, 0.2) is 17.5 Å². The normalized spacial score (nSPS) is 24.3. The molecule has 1 aliphatic carbocycles. The highest BCUT2D eigenvalue weighted by Crippen LogP contribution is 2.42. The average molecular weight is 379 g/mol. The molecule has 2 aromatic rings. The predicted molar refractivity (Wildman–Crippen MR) is 106 cm³/mol. The van der Waals surface area contributed by atoms with Gasteiger partial charge >= 0.3 is 0 Å². The van der Waals surface area contributed by atoms with E-state index in [4.69, 9.17) is 4.98 Å². The molecule has 0 aromatic carbocycles. The number of likely N-dealkylation sites (N-methyl/N-ethyl adjacent to an activating group) is 1. The second kappa shape index (κ2) is 6.70. The molecule has 0 bridgehead atoms. The van der Waals surface area contributed by atoms with E-state index in [0.29, 0.717) is 11.9 Å². The first-order valence-corrected chi connectivity index (χ1v) is 10.0. The van der Waals surface area contributed by atoms with E-state index < -0.39 is 6.23 Å². The summed E-state index contributed by atoms with van der Waals surface area (Å²) >= 11 is 0. The fraction of sp³-hybridized carbons (Fsp3) is 0.500. The first-order chi connectivity index (χ1) is 13.7. The third-order valence-corrected chi connectivity index (χ3v) is 6.06. The molecule has 1 saturated carbocycles. The minimum Gasteiger partial charge on any atom is -0.370 e. The van der Waals surface area contributed by atoms with E-state index in [1.165, 1.54) is 25.7 Å². The minimum absolute atomic E-state index is 0.161. The summed E-state index contributed by atoms with van der Waals surface area (Å²) in [6.45, 7) is 2.19. The number of rotatable bonds is 3. The zero-order valence-corrected chi connectivity index (χ0v) is 16.2. The van der Waals surface area contributed by atoms with Crippen molar-refractivity contribution in [3.8, 4) is 5.69 Å². The summed E-state index contributed by atoms with van der Waals surface area (Å²) < 4.78 is 2.02. The van der Waals surface area contributed by atoms with Gasteiger partial charge in [-0.3, -0.25) is 4.57 Å². The molecule has 8 nitrogen and oxygen atoms in total. The van der Waals surface area contributed by atoms with Crippen LogP contribution in [0.3, 0.4) is 0 Å². The Labute approximate surface area is 164 Å². The van der Waals surface area contributed by atoms with Gasteiger partial charge in [0.2, 0.25) is 0 Å². The van der Waals surface area contributed by atoms with Crippen LogP contribution in [-0.4, -0.2) is 54.1 Å². The molecular weight excluding hydrogens is 354 g/mol. The average Bonchev–Trinajstić information content (AvgIpc) is 3.40. The summed E-state index contributed by atoms with van der Waals surface area (Å²) in [5, 5.41) is 18.7. The fourth-order valence-corrected chi connectivity index (χ4v) is 4.55. The van der Waals surface area contributed by atoms with Crippen LogP contribution in [0, 0.1) is 0 Å². The molecule has 1 N–H and O–H groups in total. The van der Waals surface area contributed by atoms with Gasteiger partial charge in [-0.25, -0.2) is 9.97 Å². The lowest BCUT2D eigenvalue weighted by atomic mass is 10.0. The Morgan fingerprint density at radius 3 is 2.82 bits per heavy atom. The van der Waals surface area contributed by atoms with E-state index in [9.17, 15) is 5.11 Å². The summed E-state index contributed by atoms with van der Waals surface area (Å²) in [6.07, 6.45) is 14.3. The Kier molecular flexibility index (Phi) is 4.16. The SMILES string of the molecule is CCC1c2nncn2-c2cnc(C3=CC(O)N(C)C=C3)nc2N1C1CCCC1. The molecule has 8 heteroatoms. The summed E-state index contributed by atoms with van der Waals surface area (Å²) in [6, 6.07) is 0.623. The summed E-state index contributed by atoms with van der Waals surface area (Å²) in [5.41, 5.74) is 1.76. The van der Waals surface area contributed by atoms with E-state index in [0.717, 1.165) is 29.3 Å². The molecule has 2 aromatic heterocycles. The van der Waals surface area contributed by atoms with E-state index in [-0.39, 0.29) is 6.04 Å². The van der Waals surface area contributed by atoms with Crippen molar-refractivity contribution in [3.63, 3.8) is 0 Å². The molecular formula is C20H25N7O. The third-order valence-electron chi connectivity index (χ3n) is 6.06. The van der Waals surface area contributed by atoms with Crippen LogP contribution in [-0.2, 0) is 0 Å². The van der Waals surface area contributed by atoms with Crippen LogP contribution in [0.25, 0.3) is 11.3 Å². The van der Waals surface area contributed by atoms with Gasteiger partial charge in [0.05, 0.1) is 12.2 Å². The second-order valence-electron chi connectivity index (χ2n) is 7.75. The van der Waals surface area contributed by atoms with Crippen LogP contribution in [0.1, 0.15) is 56.7 Å². The van der Waals surface area contributed by atoms with Crippen LogP contribution in [0.2, 0.25) is 0 Å². The molecule has 4 heterocycles. The molecule has 0 radical (unpaired) electrons. The lowest BCUT2D eigenvalue weighted by molar-refractivity contribution is 0.0980. The van der Waals surface area contributed by atoms with Crippen molar-refractivity contribution < 1.29 is 5.11 Å². The number of allylic oxidation sites excluding steroid dienone is 2. The molecule has 146 valence electrons. The first-order valence-electron chi connectivity index (χ1n) is 10.0. The van der Waals surface area contributed by atoms with Crippen LogP contribution >= 0.6 is 0 Å². The summed E-state index contributed by atoms with van der Waals surface area (Å²) in [7, 11) is 1.84. The van der Waals surface area contributed by atoms with Gasteiger partial charge in [0.25, 0.3) is 0 Å². The van der Waals surface area contributed by atoms with Crippen LogP contribution < -0.4 is 4.90 Å². The monoisotopic (exact) mass is 379 g/mol. The van der Waals surface area contributed by atoms with Crippen molar-refractivity contribution in [2.24, 2.45) is 0 Å². The van der Waals surface area contributed by atoms with Gasteiger partial charge in [-0.15, -0.1) is 10.2 Å². The summed E-state index contributed by atoms with van der Waals surface area (Å²) in [5.74, 6) is 2.54. The van der Waals surface area contributed by atoms with E-state index in [1.807, 2.05) is 30.1 Å². The number of fused-ring (bicyclic) bond motifs is 3. The molecule has 5 rings (SSSR count). The second-order valence-corrected chi connectivity index (χ2v) is 7.75. The Morgan fingerprint density at radius 2 is 2.07 bits per heavy atom. The molecule has 2 aliphatic heterocycles. The smallest absolute Gasteiger partial charge is 0.161 e. The molecule has 1 fully saturated rings. The highest BCUT2D eigenvalue weighted by atomic mass is 16.3. The van der Waals surface area contributed by atoms with Crippen molar-refractivity contribution in [2.75, 3.05) is 11.9 Å². The van der Waals surface area contributed by atoms with Crippen molar-refractivity contribution in [1.29, 1.82) is 0 Å². The van der Waals surface area contributed by atoms with Crippen molar-refractivity contribution >= 4 is 11.4 Å². The van der Waals surface area contributed by atoms with E-state index >= 15 is 0 Å². The summed E-state index contributed by atoms with van der Waals surface area (Å²) in [4.78, 5) is 13.8. The molecule has 0 amide bonds. The van der Waals surface area contributed by atoms with Crippen molar-refractivity contribution in [1.82, 2.24) is 29.6 Å². The van der Waals surface area contributed by atoms with Crippen LogP contribution in [0.15, 0.2) is 30.9 Å². The highest BCUT2D eigenvalue weighted by molar-refractivity contribution is 5.73. The fourth-order valence-electron chi connectivity index (χ4n) is 4.55. The Hall–Kier alpha value is -2.74. The van der Waals surface area contributed by atoms with Gasteiger partial charge in [-0.05, 0) is 31.4 Å². The van der Waals surface area contributed by atoms with E-state index in [2.05, 4.69) is 27.0 Å². The van der Waals surface area contributed by atoms with Gasteiger partial charge in [-0.1, -0.05) is 19.8 Å². The largest absolute Gasteiger partial charge is 0.370 e. The number of anilines is 1. The maximum Gasteiger partial charge on any atom is 0.161 e. The molecule has 2 atom stereocenters. The van der Waals surface area contributed by atoms with Crippen LogP contribution in [0.5, 0.6) is 0 Å². The van der Waals surface area contributed by atoms with Gasteiger partial charge in [-0.2, -0.15) is 0 Å². The first kappa shape index (κ1) is 17.4. The number of aromatic nitrogens is 5. The number of hydrogen-bond donors (Lipinski definition) is 1. The highest BCUT2D eigenvalue weighted by Gasteiger charge is 2.38. The van der Waals surface area contributed by atoms with Crippen molar-refractivity contribution in [3.05, 3.63) is 42.5 Å². The lowest BCUT2D eigenvalue weighted by Crippen LogP contribution is -2.42. The van der Waals surface area contributed by atoms with Crippen molar-refractivity contribution in [2.45, 2.75) is 57.3 Å². The Morgan fingerprint density at radius 1 is 1.25 bits per heavy atom. The number of aliphatic hydroxyl groups excluding tert-OH is 1. The van der Waals surface area contributed by atoms with Gasteiger partial charge in [0, 0.05) is 24.9 Å². The molecule has 2 unspecified atom stereocenters. The molecule has 28 heavy (non-hydrogen) atoms. The standard InChI is InChI=1S/C20H25N7O/c1-3-15-20-24-22-12-26(20)16-11-21-18(13-8-9-25(2)17(28)10-13)23-19(16)27(15)14-6-4-5-7-14/h8-12,14-15,17,28H,3-7H2,1-2H3. The number of nitrogens with zero attached hydrogens (tertiary/aromatic N) is 7. The number of aliphatic hydroxyl groups is 1. The number of hydrogen-bond acceptors (Lipinski definition) is 7. The third kappa shape index (κ3) is 2.63. The topological polar surface area (TPSA) is 83.2 Å².